The summed E-state index contributed by atoms with van der Waals surface area (Å²) in [6.07, 6.45) is 3.98. The van der Waals surface area contributed by atoms with Gasteiger partial charge in [0.2, 0.25) is 0 Å². The van der Waals surface area contributed by atoms with E-state index in [1.165, 1.54) is 19.3 Å². The lowest BCUT2D eigenvalue weighted by atomic mass is 9.85. The predicted octanol–water partition coefficient (Wildman–Crippen LogP) is 2.50. The van der Waals surface area contributed by atoms with Crippen molar-refractivity contribution in [1.29, 1.82) is 0 Å². The van der Waals surface area contributed by atoms with Crippen molar-refractivity contribution in [2.24, 2.45) is 5.92 Å². The second kappa shape index (κ2) is 3.80. The second-order valence-corrected chi connectivity index (χ2v) is 4.58. The Morgan fingerprint density at radius 1 is 1.47 bits per heavy atom. The maximum Gasteiger partial charge on any atom is 0.163 e. The first-order valence-electron chi connectivity index (χ1n) is 5.64. The van der Waals surface area contributed by atoms with Crippen molar-refractivity contribution >= 4 is 5.78 Å². The molecule has 1 aromatic heterocycles. The van der Waals surface area contributed by atoms with Crippen molar-refractivity contribution in [2.45, 2.75) is 46.6 Å². The molecule has 1 saturated carbocycles. The van der Waals surface area contributed by atoms with Gasteiger partial charge in [-0.25, -0.2) is 0 Å². The Bertz CT molecular complexity index is 389. The molecule has 0 aromatic carbocycles. The highest BCUT2D eigenvalue weighted by atomic mass is 16.1. The van der Waals surface area contributed by atoms with E-state index < -0.39 is 0 Å². The van der Waals surface area contributed by atoms with E-state index in [-0.39, 0.29) is 5.78 Å². The Morgan fingerprint density at radius 3 is 2.53 bits per heavy atom. The summed E-state index contributed by atoms with van der Waals surface area (Å²) in [6, 6.07) is 0. The highest BCUT2D eigenvalue weighted by Crippen LogP contribution is 2.28. The van der Waals surface area contributed by atoms with Crippen LogP contribution in [0.15, 0.2) is 0 Å². The highest BCUT2D eigenvalue weighted by Gasteiger charge is 2.21. The fourth-order valence-electron chi connectivity index (χ4n) is 2.30. The highest BCUT2D eigenvalue weighted by molar-refractivity contribution is 5.96. The molecular formula is C12H18N2O. The topological polar surface area (TPSA) is 34.9 Å². The van der Waals surface area contributed by atoms with Gasteiger partial charge < -0.3 is 0 Å². The third-order valence-corrected chi connectivity index (χ3v) is 3.39. The normalized spacial score (nSPS) is 16.5. The minimum atomic E-state index is 0.129. The van der Waals surface area contributed by atoms with Crippen molar-refractivity contribution in [3.63, 3.8) is 0 Å². The number of aromatic nitrogens is 2. The number of hydrogen-bond donors (Lipinski definition) is 0. The molecule has 15 heavy (non-hydrogen) atoms. The number of aryl methyl sites for hydroxylation is 1. The standard InChI is InChI=1S/C12H18N2O/c1-8-12(10(3)15)9(2)14(13-8)7-11-5-4-6-11/h11H,4-7H2,1-3H3. The smallest absolute Gasteiger partial charge is 0.163 e. The fourth-order valence-corrected chi connectivity index (χ4v) is 2.30. The lowest BCUT2D eigenvalue weighted by Crippen LogP contribution is -2.19. The number of carbonyl (C=O) groups excluding carboxylic acids is 1. The summed E-state index contributed by atoms with van der Waals surface area (Å²) in [5.74, 6) is 0.910. The van der Waals surface area contributed by atoms with Gasteiger partial charge in [-0.05, 0) is 39.5 Å². The van der Waals surface area contributed by atoms with Crippen LogP contribution in [-0.2, 0) is 6.54 Å². The van der Waals surface area contributed by atoms with Crippen LogP contribution < -0.4 is 0 Å². The molecule has 0 spiro atoms. The maximum atomic E-state index is 11.4. The molecule has 1 aliphatic rings. The van der Waals surface area contributed by atoms with Gasteiger partial charge in [-0.1, -0.05) is 6.42 Å². The first-order chi connectivity index (χ1) is 7.09. The summed E-state index contributed by atoms with van der Waals surface area (Å²) < 4.78 is 2.01. The number of carbonyl (C=O) groups is 1. The molecule has 0 bridgehead atoms. The molecule has 3 heteroatoms. The molecule has 3 nitrogen and oxygen atoms in total. The number of nitrogens with zero attached hydrogens (tertiary/aromatic N) is 2. The van der Waals surface area contributed by atoms with Crippen LogP contribution in [0, 0.1) is 19.8 Å². The van der Waals surface area contributed by atoms with Crippen molar-refractivity contribution in [2.75, 3.05) is 0 Å². The van der Waals surface area contributed by atoms with E-state index in [9.17, 15) is 4.79 Å². The SMILES string of the molecule is CC(=O)c1c(C)nn(CC2CCC2)c1C. The Morgan fingerprint density at radius 2 is 2.13 bits per heavy atom. The summed E-state index contributed by atoms with van der Waals surface area (Å²) in [7, 11) is 0. The Labute approximate surface area is 90.5 Å². The molecule has 2 rings (SSSR count). The zero-order valence-electron chi connectivity index (χ0n) is 9.71. The van der Waals surface area contributed by atoms with Crippen molar-refractivity contribution in [3.05, 3.63) is 17.0 Å². The molecule has 1 aromatic rings. The molecular weight excluding hydrogens is 188 g/mol. The minimum Gasteiger partial charge on any atom is -0.294 e. The molecule has 1 fully saturated rings. The van der Waals surface area contributed by atoms with Crippen molar-refractivity contribution in [3.8, 4) is 0 Å². The Balaban J connectivity index is 2.24. The van der Waals surface area contributed by atoms with E-state index in [2.05, 4.69) is 5.10 Å². The quantitative estimate of drug-likeness (QED) is 0.712. The summed E-state index contributed by atoms with van der Waals surface area (Å²) in [5.41, 5.74) is 2.72. The van der Waals surface area contributed by atoms with Crippen LogP contribution in [0.3, 0.4) is 0 Å². The van der Waals surface area contributed by atoms with Crippen LogP contribution in [0.1, 0.15) is 47.9 Å². The van der Waals surface area contributed by atoms with E-state index in [1.54, 1.807) is 6.92 Å². The molecule has 0 radical (unpaired) electrons. The maximum absolute atomic E-state index is 11.4. The predicted molar refractivity (Wildman–Crippen MR) is 59.0 cm³/mol. The van der Waals surface area contributed by atoms with Gasteiger partial charge in [0.15, 0.2) is 5.78 Å². The van der Waals surface area contributed by atoms with E-state index in [0.29, 0.717) is 0 Å². The van der Waals surface area contributed by atoms with Crippen molar-refractivity contribution < 1.29 is 4.79 Å². The van der Waals surface area contributed by atoms with Gasteiger partial charge in [0, 0.05) is 12.2 Å². The number of hydrogen-bond acceptors (Lipinski definition) is 2. The van der Waals surface area contributed by atoms with Crippen LogP contribution in [0.5, 0.6) is 0 Å². The summed E-state index contributed by atoms with van der Waals surface area (Å²) >= 11 is 0. The molecule has 0 atom stereocenters. The average Bonchev–Trinajstić information content (AvgIpc) is 2.34. The van der Waals surface area contributed by atoms with Gasteiger partial charge in [-0.15, -0.1) is 0 Å². The number of ketones is 1. The van der Waals surface area contributed by atoms with Gasteiger partial charge in [0.05, 0.1) is 11.3 Å². The van der Waals surface area contributed by atoms with Gasteiger partial charge in [-0.2, -0.15) is 5.10 Å². The van der Waals surface area contributed by atoms with Crippen molar-refractivity contribution in [1.82, 2.24) is 9.78 Å². The van der Waals surface area contributed by atoms with Crippen LogP contribution >= 0.6 is 0 Å². The largest absolute Gasteiger partial charge is 0.294 e. The second-order valence-electron chi connectivity index (χ2n) is 4.58. The lowest BCUT2D eigenvalue weighted by molar-refractivity contribution is 0.101. The zero-order chi connectivity index (χ0) is 11.0. The number of Topliss-reactive ketones (excluding diaryl/α,β-unsaturated/α-hetero) is 1. The van der Waals surface area contributed by atoms with E-state index in [0.717, 1.165) is 29.4 Å². The molecule has 82 valence electrons. The molecule has 0 amide bonds. The third-order valence-electron chi connectivity index (χ3n) is 3.39. The first kappa shape index (κ1) is 10.4. The zero-order valence-corrected chi connectivity index (χ0v) is 9.71. The van der Waals surface area contributed by atoms with Gasteiger partial charge in [0.25, 0.3) is 0 Å². The lowest BCUT2D eigenvalue weighted by Gasteiger charge is -2.25. The fraction of sp³-hybridized carbons (Fsp3) is 0.667. The van der Waals surface area contributed by atoms with Gasteiger partial charge in [-0.3, -0.25) is 9.48 Å². The molecule has 0 unspecified atom stereocenters. The van der Waals surface area contributed by atoms with E-state index in [1.807, 2.05) is 18.5 Å². The monoisotopic (exact) mass is 206 g/mol. The summed E-state index contributed by atoms with van der Waals surface area (Å²) in [5, 5.41) is 4.45. The average molecular weight is 206 g/mol. The van der Waals surface area contributed by atoms with E-state index >= 15 is 0 Å². The number of rotatable bonds is 3. The Kier molecular flexibility index (Phi) is 2.63. The summed E-state index contributed by atoms with van der Waals surface area (Å²) in [6.45, 7) is 6.51. The summed E-state index contributed by atoms with van der Waals surface area (Å²) in [4.78, 5) is 11.4. The van der Waals surface area contributed by atoms with Gasteiger partial charge in [0.1, 0.15) is 0 Å². The van der Waals surface area contributed by atoms with Crippen LogP contribution in [0.4, 0.5) is 0 Å². The van der Waals surface area contributed by atoms with Crippen LogP contribution in [0.25, 0.3) is 0 Å². The van der Waals surface area contributed by atoms with Gasteiger partial charge >= 0.3 is 0 Å². The molecule has 0 N–H and O–H groups in total. The Hall–Kier alpha value is -1.12. The minimum absolute atomic E-state index is 0.129. The van der Waals surface area contributed by atoms with Crippen LogP contribution in [-0.4, -0.2) is 15.6 Å². The molecule has 0 saturated heterocycles. The third kappa shape index (κ3) is 1.83. The molecule has 1 heterocycles. The molecule has 1 aliphatic carbocycles. The van der Waals surface area contributed by atoms with Crippen LogP contribution in [0.2, 0.25) is 0 Å². The molecule has 0 aliphatic heterocycles. The van der Waals surface area contributed by atoms with E-state index in [4.69, 9.17) is 0 Å². The first-order valence-corrected chi connectivity index (χ1v) is 5.64.